The van der Waals surface area contributed by atoms with Gasteiger partial charge in [0.2, 0.25) is 11.9 Å². The van der Waals surface area contributed by atoms with Gasteiger partial charge in [-0.3, -0.25) is 4.79 Å². The van der Waals surface area contributed by atoms with Gasteiger partial charge in [0.15, 0.2) is 5.82 Å². The molecule has 3 aromatic rings. The number of carbonyl (C=O) groups is 2. The Morgan fingerprint density at radius 1 is 0.925 bits per heavy atom. The van der Waals surface area contributed by atoms with Gasteiger partial charge in [0.25, 0.3) is 0 Å². The number of nitrogens with two attached hydrogens (primary N) is 1. The molecule has 2 fully saturated rings. The average molecular weight is 546 g/mol. The number of amides is 3. The molecule has 2 saturated heterocycles. The van der Waals surface area contributed by atoms with E-state index in [0.717, 1.165) is 41.9 Å². The number of benzene rings is 2. The molecule has 4 N–H and O–H groups in total. The van der Waals surface area contributed by atoms with Gasteiger partial charge in [-0.1, -0.05) is 0 Å². The molecule has 11 nitrogen and oxygen atoms in total. The molecule has 0 spiro atoms. The Morgan fingerprint density at radius 2 is 1.68 bits per heavy atom. The molecule has 2 aromatic carbocycles. The number of anilines is 3. The van der Waals surface area contributed by atoms with Gasteiger partial charge in [-0.25, -0.2) is 9.78 Å². The number of hydrogen-bond donors (Lipinski definition) is 3. The Labute approximate surface area is 233 Å². The third-order valence-corrected chi connectivity index (χ3v) is 7.55. The summed E-state index contributed by atoms with van der Waals surface area (Å²) in [5.41, 5.74) is 9.42. The molecule has 2 aliphatic rings. The Morgan fingerprint density at radius 3 is 2.38 bits per heavy atom. The van der Waals surface area contributed by atoms with Crippen LogP contribution in [0, 0.1) is 13.8 Å². The summed E-state index contributed by atoms with van der Waals surface area (Å²) in [6, 6.07) is 10.5. The van der Waals surface area contributed by atoms with Crippen LogP contribution in [0.2, 0.25) is 0 Å². The summed E-state index contributed by atoms with van der Waals surface area (Å²) in [6.07, 6.45) is 1.76. The minimum Gasteiger partial charge on any atom is -0.381 e. The van der Waals surface area contributed by atoms with Crippen LogP contribution in [0.3, 0.4) is 0 Å². The number of nitrogens with one attached hydrogen (secondary N) is 2. The lowest BCUT2D eigenvalue weighted by Gasteiger charge is -2.34. The standard InChI is InChI=1S/C29H35N7O4/c1-17-16-40-15-12-36(17)28-34-26(33-27(35-28)21-10-13-39-14-11-21)20-4-6-22(7-5-20)31-29(38)32-24-9-8-23(25(30)37)18(2)19(24)3/h4-9,17,21H,10-16H2,1-3H3,(H2,30,37)(H2,31,32,38). The van der Waals surface area contributed by atoms with Gasteiger partial charge in [0.1, 0.15) is 5.82 Å². The monoisotopic (exact) mass is 545 g/mol. The second-order valence-electron chi connectivity index (χ2n) is 10.3. The second-order valence-corrected chi connectivity index (χ2v) is 10.3. The Hall–Kier alpha value is -4.09. The van der Waals surface area contributed by atoms with Gasteiger partial charge < -0.3 is 30.7 Å². The Bertz CT molecular complexity index is 1390. The minimum absolute atomic E-state index is 0.163. The zero-order chi connectivity index (χ0) is 28.2. The van der Waals surface area contributed by atoms with Crippen molar-refractivity contribution in [2.24, 2.45) is 5.73 Å². The maximum atomic E-state index is 12.7. The van der Waals surface area contributed by atoms with Gasteiger partial charge in [-0.2, -0.15) is 9.97 Å². The average Bonchev–Trinajstić information content (AvgIpc) is 2.96. The topological polar surface area (TPSA) is 145 Å². The Balaban J connectivity index is 1.34. The molecule has 5 rings (SSSR count). The fraction of sp³-hybridized carbons (Fsp3) is 0.414. The molecule has 1 atom stereocenters. The summed E-state index contributed by atoms with van der Waals surface area (Å²) in [4.78, 5) is 41.1. The summed E-state index contributed by atoms with van der Waals surface area (Å²) in [5.74, 6) is 1.77. The van der Waals surface area contributed by atoms with E-state index in [1.54, 1.807) is 19.1 Å². The second kappa shape index (κ2) is 12.0. The quantitative estimate of drug-likeness (QED) is 0.421. The number of nitrogens with zero attached hydrogens (tertiary/aromatic N) is 4. The van der Waals surface area contributed by atoms with Gasteiger partial charge in [0.05, 0.1) is 19.3 Å². The molecular formula is C29H35N7O4. The lowest BCUT2D eigenvalue weighted by atomic mass is 9.99. The molecule has 2 aliphatic heterocycles. The van der Waals surface area contributed by atoms with Crippen LogP contribution in [0.25, 0.3) is 11.4 Å². The molecule has 3 heterocycles. The summed E-state index contributed by atoms with van der Waals surface area (Å²) in [5, 5.41) is 5.70. The molecule has 11 heteroatoms. The number of rotatable bonds is 6. The fourth-order valence-electron chi connectivity index (χ4n) is 5.01. The van der Waals surface area contributed by atoms with E-state index in [2.05, 4.69) is 22.5 Å². The van der Waals surface area contributed by atoms with Crippen LogP contribution in [0.1, 0.15) is 53.0 Å². The van der Waals surface area contributed by atoms with Crippen molar-refractivity contribution in [2.75, 3.05) is 48.5 Å². The van der Waals surface area contributed by atoms with Gasteiger partial charge >= 0.3 is 6.03 Å². The van der Waals surface area contributed by atoms with Crippen LogP contribution < -0.4 is 21.3 Å². The number of ether oxygens (including phenoxy) is 2. The highest BCUT2D eigenvalue weighted by Crippen LogP contribution is 2.29. The van der Waals surface area contributed by atoms with E-state index in [4.69, 9.17) is 30.2 Å². The van der Waals surface area contributed by atoms with Crippen molar-refractivity contribution in [3.05, 3.63) is 58.9 Å². The van der Waals surface area contributed by atoms with E-state index < -0.39 is 11.9 Å². The zero-order valence-electron chi connectivity index (χ0n) is 23.1. The van der Waals surface area contributed by atoms with E-state index in [-0.39, 0.29) is 12.0 Å². The molecule has 0 radical (unpaired) electrons. The van der Waals surface area contributed by atoms with E-state index in [1.165, 1.54) is 0 Å². The third kappa shape index (κ3) is 6.05. The molecule has 0 saturated carbocycles. The van der Waals surface area contributed by atoms with Crippen molar-refractivity contribution in [3.8, 4) is 11.4 Å². The van der Waals surface area contributed by atoms with Crippen molar-refractivity contribution >= 4 is 29.3 Å². The molecule has 0 bridgehead atoms. The summed E-state index contributed by atoms with van der Waals surface area (Å²) < 4.78 is 11.2. The van der Waals surface area contributed by atoms with Crippen LogP contribution in [0.5, 0.6) is 0 Å². The number of carbonyl (C=O) groups excluding carboxylic acids is 2. The predicted molar refractivity (Wildman–Crippen MR) is 153 cm³/mol. The molecule has 1 unspecified atom stereocenters. The first-order valence-corrected chi connectivity index (χ1v) is 13.6. The summed E-state index contributed by atoms with van der Waals surface area (Å²) >= 11 is 0. The van der Waals surface area contributed by atoms with Crippen molar-refractivity contribution in [1.29, 1.82) is 0 Å². The Kier molecular flexibility index (Phi) is 8.22. The van der Waals surface area contributed by atoms with Crippen molar-refractivity contribution in [3.63, 3.8) is 0 Å². The maximum absolute atomic E-state index is 12.7. The fourth-order valence-corrected chi connectivity index (χ4v) is 5.01. The molecule has 0 aliphatic carbocycles. The highest BCUT2D eigenvalue weighted by atomic mass is 16.5. The number of primary amides is 1. The summed E-state index contributed by atoms with van der Waals surface area (Å²) in [7, 11) is 0. The van der Waals surface area contributed by atoms with Gasteiger partial charge in [-0.15, -0.1) is 0 Å². The number of hydrogen-bond acceptors (Lipinski definition) is 8. The van der Waals surface area contributed by atoms with E-state index in [9.17, 15) is 9.59 Å². The molecule has 3 amide bonds. The number of morpholine rings is 1. The normalized spacial score (nSPS) is 17.9. The minimum atomic E-state index is -0.499. The van der Waals surface area contributed by atoms with Crippen molar-refractivity contribution < 1.29 is 19.1 Å². The zero-order valence-corrected chi connectivity index (χ0v) is 23.1. The highest BCUT2D eigenvalue weighted by Gasteiger charge is 2.26. The largest absolute Gasteiger partial charge is 0.381 e. The van der Waals surface area contributed by atoms with E-state index in [0.29, 0.717) is 55.1 Å². The van der Waals surface area contributed by atoms with Crippen molar-refractivity contribution in [2.45, 2.75) is 45.6 Å². The van der Waals surface area contributed by atoms with Crippen LogP contribution >= 0.6 is 0 Å². The first-order valence-electron chi connectivity index (χ1n) is 13.6. The maximum Gasteiger partial charge on any atom is 0.323 e. The third-order valence-electron chi connectivity index (χ3n) is 7.55. The molecular weight excluding hydrogens is 510 g/mol. The highest BCUT2D eigenvalue weighted by molar-refractivity contribution is 6.01. The number of aromatic nitrogens is 3. The first-order chi connectivity index (χ1) is 19.3. The van der Waals surface area contributed by atoms with Crippen molar-refractivity contribution in [1.82, 2.24) is 15.0 Å². The lowest BCUT2D eigenvalue weighted by molar-refractivity contribution is 0.0834. The summed E-state index contributed by atoms with van der Waals surface area (Å²) in [6.45, 7) is 9.13. The molecule has 40 heavy (non-hydrogen) atoms. The van der Waals surface area contributed by atoms with Crippen LogP contribution in [0.4, 0.5) is 22.1 Å². The van der Waals surface area contributed by atoms with Crippen LogP contribution in [0.15, 0.2) is 36.4 Å². The smallest absolute Gasteiger partial charge is 0.323 e. The van der Waals surface area contributed by atoms with Crippen LogP contribution in [-0.4, -0.2) is 65.9 Å². The van der Waals surface area contributed by atoms with Gasteiger partial charge in [0, 0.05) is 48.2 Å². The van der Waals surface area contributed by atoms with E-state index in [1.807, 2.05) is 31.2 Å². The van der Waals surface area contributed by atoms with Gasteiger partial charge in [-0.05, 0) is 81.1 Å². The lowest BCUT2D eigenvalue weighted by Crippen LogP contribution is -2.44. The molecule has 210 valence electrons. The first kappa shape index (κ1) is 27.5. The van der Waals surface area contributed by atoms with Crippen LogP contribution in [-0.2, 0) is 9.47 Å². The predicted octanol–water partition coefficient (Wildman–Crippen LogP) is 4.02. The SMILES string of the molecule is Cc1c(NC(=O)Nc2ccc(-c3nc(C4CCOCC4)nc(N4CCOCC4C)n3)cc2)ccc(C(N)=O)c1C. The van der Waals surface area contributed by atoms with E-state index >= 15 is 0 Å². The molecule has 1 aromatic heterocycles. The number of urea groups is 1.